The molecule has 0 saturated heterocycles. The third kappa shape index (κ3) is 1.99. The van der Waals surface area contributed by atoms with Crippen molar-refractivity contribution in [3.8, 4) is 0 Å². The van der Waals surface area contributed by atoms with E-state index in [4.69, 9.17) is 5.73 Å². The maximum atomic E-state index is 11.7. The molecule has 0 aliphatic carbocycles. The van der Waals surface area contributed by atoms with Crippen molar-refractivity contribution in [2.24, 2.45) is 0 Å². The van der Waals surface area contributed by atoms with Crippen LogP contribution in [0.1, 0.15) is 16.1 Å². The van der Waals surface area contributed by atoms with Crippen LogP contribution >= 0.6 is 11.3 Å². The van der Waals surface area contributed by atoms with Crippen LogP contribution in [0.25, 0.3) is 0 Å². The van der Waals surface area contributed by atoms with E-state index in [1.54, 1.807) is 16.8 Å². The van der Waals surface area contributed by atoms with E-state index in [-0.39, 0.29) is 4.87 Å². The molecular formula is C11H13N3OS. The Balaban J connectivity index is 2.34. The van der Waals surface area contributed by atoms with Crippen molar-refractivity contribution in [1.29, 1.82) is 0 Å². The zero-order chi connectivity index (χ0) is 11.7. The van der Waals surface area contributed by atoms with Gasteiger partial charge in [0.05, 0.1) is 6.54 Å². The number of rotatable bonds is 2. The van der Waals surface area contributed by atoms with Gasteiger partial charge in [0.1, 0.15) is 5.82 Å². The summed E-state index contributed by atoms with van der Waals surface area (Å²) in [6.07, 6.45) is 1.70. The Labute approximate surface area is 97.4 Å². The zero-order valence-electron chi connectivity index (χ0n) is 9.23. The lowest BCUT2D eigenvalue weighted by Crippen LogP contribution is -2.15. The summed E-state index contributed by atoms with van der Waals surface area (Å²) in [5, 5.41) is 0. The van der Waals surface area contributed by atoms with Crippen LogP contribution in [0.2, 0.25) is 0 Å². The zero-order valence-corrected chi connectivity index (χ0v) is 10.0. The van der Waals surface area contributed by atoms with E-state index in [1.807, 2.05) is 19.9 Å². The van der Waals surface area contributed by atoms with E-state index in [0.29, 0.717) is 12.4 Å². The Morgan fingerprint density at radius 2 is 2.19 bits per heavy atom. The molecule has 2 aromatic heterocycles. The highest BCUT2D eigenvalue weighted by molar-refractivity contribution is 7.09. The minimum atomic E-state index is 0.0758. The molecule has 2 heterocycles. The van der Waals surface area contributed by atoms with Gasteiger partial charge in [0.25, 0.3) is 0 Å². The number of nitrogens with zero attached hydrogens (tertiary/aromatic N) is 2. The van der Waals surface area contributed by atoms with E-state index in [9.17, 15) is 4.79 Å². The molecule has 0 radical (unpaired) electrons. The molecule has 0 aromatic carbocycles. The summed E-state index contributed by atoms with van der Waals surface area (Å²) in [5.41, 5.74) is 7.51. The normalized spacial score (nSPS) is 10.6. The number of pyridine rings is 1. The molecule has 0 saturated carbocycles. The van der Waals surface area contributed by atoms with Crippen molar-refractivity contribution in [1.82, 2.24) is 9.55 Å². The molecule has 0 atom stereocenters. The Morgan fingerprint density at radius 1 is 1.44 bits per heavy atom. The van der Waals surface area contributed by atoms with E-state index >= 15 is 0 Å². The predicted octanol–water partition coefficient (Wildman–Crippen LogP) is 1.55. The van der Waals surface area contributed by atoms with Gasteiger partial charge >= 0.3 is 4.87 Å². The Kier molecular flexibility index (Phi) is 2.78. The first-order chi connectivity index (χ1) is 7.58. The third-order valence-electron chi connectivity index (χ3n) is 2.56. The monoisotopic (exact) mass is 235 g/mol. The molecule has 0 aliphatic rings. The van der Waals surface area contributed by atoms with Gasteiger partial charge in [-0.15, -0.1) is 0 Å². The number of nitrogens with two attached hydrogens (primary N) is 1. The number of hydrogen-bond acceptors (Lipinski definition) is 4. The number of aromatic nitrogens is 2. The van der Waals surface area contributed by atoms with Crippen LogP contribution in [0.5, 0.6) is 0 Å². The molecule has 4 nitrogen and oxygen atoms in total. The van der Waals surface area contributed by atoms with E-state index in [1.165, 1.54) is 11.3 Å². The quantitative estimate of drug-likeness (QED) is 0.859. The van der Waals surface area contributed by atoms with Crippen LogP contribution in [0.4, 0.5) is 5.82 Å². The summed E-state index contributed by atoms with van der Waals surface area (Å²) in [5.74, 6) is 0.495. The lowest BCUT2D eigenvalue weighted by Gasteiger charge is -2.04. The fourth-order valence-corrected chi connectivity index (χ4v) is 2.31. The van der Waals surface area contributed by atoms with Crippen LogP contribution in [0.15, 0.2) is 23.1 Å². The van der Waals surface area contributed by atoms with Crippen LogP contribution < -0.4 is 10.6 Å². The molecule has 5 heteroatoms. The van der Waals surface area contributed by atoms with Crippen LogP contribution in [0.3, 0.4) is 0 Å². The number of hydrogen-bond donors (Lipinski definition) is 1. The molecular weight excluding hydrogens is 222 g/mol. The van der Waals surface area contributed by atoms with Crippen molar-refractivity contribution < 1.29 is 0 Å². The average Bonchev–Trinajstić information content (AvgIpc) is 2.48. The second-order valence-corrected chi connectivity index (χ2v) is 4.85. The number of anilines is 1. The molecule has 2 N–H and O–H groups in total. The lowest BCUT2D eigenvalue weighted by molar-refractivity contribution is 0.749. The SMILES string of the molecule is Cc1sc(=O)n(Cc2ccc(N)nc2)c1C. The van der Waals surface area contributed by atoms with Gasteiger partial charge in [-0.05, 0) is 25.5 Å². The first-order valence-electron chi connectivity index (χ1n) is 4.95. The highest BCUT2D eigenvalue weighted by Crippen LogP contribution is 2.11. The minimum absolute atomic E-state index is 0.0758. The second kappa shape index (κ2) is 4.09. The summed E-state index contributed by atoms with van der Waals surface area (Å²) in [4.78, 5) is 16.8. The van der Waals surface area contributed by atoms with E-state index in [0.717, 1.165) is 16.1 Å². The number of thiazole rings is 1. The fourth-order valence-electron chi connectivity index (χ4n) is 1.48. The standard InChI is InChI=1S/C11H13N3OS/c1-7-8(2)16-11(15)14(7)6-9-3-4-10(12)13-5-9/h3-5H,6H2,1-2H3,(H2,12,13). The van der Waals surface area contributed by atoms with Crippen LogP contribution in [-0.2, 0) is 6.54 Å². The maximum Gasteiger partial charge on any atom is 0.307 e. The largest absolute Gasteiger partial charge is 0.384 e. The summed E-state index contributed by atoms with van der Waals surface area (Å²) >= 11 is 1.28. The highest BCUT2D eigenvalue weighted by atomic mass is 32.1. The second-order valence-electron chi connectivity index (χ2n) is 3.69. The maximum absolute atomic E-state index is 11.7. The van der Waals surface area contributed by atoms with Gasteiger partial charge in [-0.3, -0.25) is 9.36 Å². The molecule has 84 valence electrons. The molecule has 0 fully saturated rings. The van der Waals surface area contributed by atoms with Gasteiger partial charge in [0.2, 0.25) is 0 Å². The van der Waals surface area contributed by atoms with Gasteiger partial charge in [-0.1, -0.05) is 17.4 Å². The van der Waals surface area contributed by atoms with Gasteiger partial charge < -0.3 is 5.73 Å². The summed E-state index contributed by atoms with van der Waals surface area (Å²) < 4.78 is 1.76. The Morgan fingerprint density at radius 3 is 2.69 bits per heavy atom. The summed E-state index contributed by atoms with van der Waals surface area (Å²) in [6.45, 7) is 4.47. The molecule has 2 aromatic rings. The minimum Gasteiger partial charge on any atom is -0.384 e. The molecule has 0 bridgehead atoms. The smallest absolute Gasteiger partial charge is 0.307 e. The van der Waals surface area contributed by atoms with E-state index in [2.05, 4.69) is 4.98 Å². The van der Waals surface area contributed by atoms with Crippen molar-refractivity contribution in [2.75, 3.05) is 5.73 Å². The molecule has 0 spiro atoms. The lowest BCUT2D eigenvalue weighted by atomic mass is 10.2. The molecule has 0 amide bonds. The Bertz CT molecular complexity index is 554. The van der Waals surface area contributed by atoms with Gasteiger partial charge in [-0.2, -0.15) is 0 Å². The summed E-state index contributed by atoms with van der Waals surface area (Å²) in [7, 11) is 0. The number of aryl methyl sites for hydroxylation is 1. The third-order valence-corrected chi connectivity index (χ3v) is 3.56. The van der Waals surface area contributed by atoms with Gasteiger partial charge in [-0.25, -0.2) is 4.98 Å². The van der Waals surface area contributed by atoms with Crippen molar-refractivity contribution in [2.45, 2.75) is 20.4 Å². The summed E-state index contributed by atoms with van der Waals surface area (Å²) in [6, 6.07) is 3.64. The predicted molar refractivity (Wildman–Crippen MR) is 65.8 cm³/mol. The van der Waals surface area contributed by atoms with Gasteiger partial charge in [0.15, 0.2) is 0 Å². The van der Waals surface area contributed by atoms with Gasteiger partial charge in [0, 0.05) is 16.8 Å². The first kappa shape index (κ1) is 10.9. The topological polar surface area (TPSA) is 60.9 Å². The van der Waals surface area contributed by atoms with Crippen LogP contribution in [-0.4, -0.2) is 9.55 Å². The molecule has 2 rings (SSSR count). The van der Waals surface area contributed by atoms with Crippen LogP contribution in [0, 0.1) is 13.8 Å². The van der Waals surface area contributed by atoms with Crippen molar-refractivity contribution >= 4 is 17.2 Å². The van der Waals surface area contributed by atoms with E-state index < -0.39 is 0 Å². The van der Waals surface area contributed by atoms with Crippen molar-refractivity contribution in [3.05, 3.63) is 44.1 Å². The average molecular weight is 235 g/mol. The molecule has 0 unspecified atom stereocenters. The van der Waals surface area contributed by atoms with Crippen molar-refractivity contribution in [3.63, 3.8) is 0 Å². The molecule has 0 aliphatic heterocycles. The first-order valence-corrected chi connectivity index (χ1v) is 5.77. The Hall–Kier alpha value is -1.62. The highest BCUT2D eigenvalue weighted by Gasteiger charge is 2.07. The fraction of sp³-hybridized carbons (Fsp3) is 0.273. The molecule has 16 heavy (non-hydrogen) atoms. The number of nitrogen functional groups attached to an aromatic ring is 1.